The Labute approximate surface area is 132 Å². The van der Waals surface area contributed by atoms with Crippen LogP contribution in [-0.2, 0) is 0 Å². The molecule has 1 amide bonds. The maximum Gasteiger partial charge on any atom is 0.289 e. The van der Waals surface area contributed by atoms with Gasteiger partial charge in [0.1, 0.15) is 0 Å². The third-order valence-electron chi connectivity index (χ3n) is 3.57. The second-order valence-electron chi connectivity index (χ2n) is 5.19. The van der Waals surface area contributed by atoms with E-state index in [-0.39, 0.29) is 24.6 Å². The van der Waals surface area contributed by atoms with Crippen LogP contribution in [0.4, 0.5) is 5.69 Å². The molecular weight excluding hydrogens is 294 g/mol. The van der Waals surface area contributed by atoms with Crippen LogP contribution in [0.5, 0.6) is 0 Å². The standard InChI is InChI=1S/C17H17N3O3/c1-10-9-12(11-5-3-2-4-6-11)20-17-13(10)14(18)15(23-17)16(22)19-7-8-21/h2-6,9,21H,7-8,18H2,1H3,(H,19,22). The summed E-state index contributed by atoms with van der Waals surface area (Å²) in [4.78, 5) is 16.5. The summed E-state index contributed by atoms with van der Waals surface area (Å²) in [5.41, 5.74) is 9.24. The number of aryl methyl sites for hydroxylation is 1. The van der Waals surface area contributed by atoms with Crippen molar-refractivity contribution in [3.63, 3.8) is 0 Å². The Balaban J connectivity index is 2.09. The first-order valence-electron chi connectivity index (χ1n) is 7.26. The lowest BCUT2D eigenvalue weighted by atomic mass is 10.1. The van der Waals surface area contributed by atoms with Crippen LogP contribution in [0.3, 0.4) is 0 Å². The molecule has 0 saturated carbocycles. The van der Waals surface area contributed by atoms with Crippen LogP contribution in [0.25, 0.3) is 22.4 Å². The molecule has 3 rings (SSSR count). The Bertz CT molecular complexity index is 856. The summed E-state index contributed by atoms with van der Waals surface area (Å²) >= 11 is 0. The lowest BCUT2D eigenvalue weighted by Gasteiger charge is -2.03. The number of pyridine rings is 1. The van der Waals surface area contributed by atoms with Gasteiger partial charge in [0.15, 0.2) is 0 Å². The molecule has 23 heavy (non-hydrogen) atoms. The number of nitrogen functional groups attached to an aromatic ring is 1. The average molecular weight is 311 g/mol. The van der Waals surface area contributed by atoms with E-state index < -0.39 is 5.91 Å². The number of furan rings is 1. The van der Waals surface area contributed by atoms with Crippen LogP contribution < -0.4 is 11.1 Å². The number of anilines is 1. The first-order chi connectivity index (χ1) is 11.1. The van der Waals surface area contributed by atoms with Crippen molar-refractivity contribution in [2.75, 3.05) is 18.9 Å². The lowest BCUT2D eigenvalue weighted by Crippen LogP contribution is -2.26. The summed E-state index contributed by atoms with van der Waals surface area (Å²) in [5.74, 6) is -0.440. The maximum absolute atomic E-state index is 12.0. The number of aliphatic hydroxyl groups excluding tert-OH is 1. The monoisotopic (exact) mass is 311 g/mol. The fourth-order valence-corrected chi connectivity index (χ4v) is 2.49. The minimum absolute atomic E-state index is 0.0225. The molecule has 0 aliphatic heterocycles. The predicted molar refractivity (Wildman–Crippen MR) is 88.0 cm³/mol. The first kappa shape index (κ1) is 15.1. The Kier molecular flexibility index (Phi) is 3.99. The fraction of sp³-hybridized carbons (Fsp3) is 0.176. The molecule has 0 unspecified atom stereocenters. The van der Waals surface area contributed by atoms with E-state index in [0.717, 1.165) is 16.8 Å². The topological polar surface area (TPSA) is 101 Å². The number of aliphatic hydroxyl groups is 1. The van der Waals surface area contributed by atoms with Crippen molar-refractivity contribution < 1.29 is 14.3 Å². The van der Waals surface area contributed by atoms with Crippen molar-refractivity contribution in [1.29, 1.82) is 0 Å². The van der Waals surface area contributed by atoms with Crippen molar-refractivity contribution in [2.24, 2.45) is 0 Å². The molecular formula is C17H17N3O3. The van der Waals surface area contributed by atoms with Gasteiger partial charge in [-0.3, -0.25) is 4.79 Å². The number of benzene rings is 1. The van der Waals surface area contributed by atoms with Crippen molar-refractivity contribution in [2.45, 2.75) is 6.92 Å². The van der Waals surface area contributed by atoms with Crippen LogP contribution >= 0.6 is 0 Å². The maximum atomic E-state index is 12.0. The molecule has 2 aromatic heterocycles. The lowest BCUT2D eigenvalue weighted by molar-refractivity contribution is 0.0920. The number of aromatic nitrogens is 1. The van der Waals surface area contributed by atoms with Crippen LogP contribution in [-0.4, -0.2) is 29.1 Å². The first-order valence-corrected chi connectivity index (χ1v) is 7.26. The van der Waals surface area contributed by atoms with Gasteiger partial charge < -0.3 is 20.6 Å². The van der Waals surface area contributed by atoms with Gasteiger partial charge in [0, 0.05) is 12.1 Å². The van der Waals surface area contributed by atoms with Gasteiger partial charge >= 0.3 is 0 Å². The van der Waals surface area contributed by atoms with Gasteiger partial charge in [-0.15, -0.1) is 0 Å². The molecule has 0 saturated heterocycles. The molecule has 2 heterocycles. The third-order valence-corrected chi connectivity index (χ3v) is 3.57. The number of hydrogen-bond donors (Lipinski definition) is 3. The number of carbonyl (C=O) groups excluding carboxylic acids is 1. The number of nitrogens with one attached hydrogen (secondary N) is 1. The van der Waals surface area contributed by atoms with Gasteiger partial charge in [-0.05, 0) is 18.6 Å². The predicted octanol–water partition coefficient (Wildman–Crippen LogP) is 2.11. The zero-order chi connectivity index (χ0) is 16.4. The summed E-state index contributed by atoms with van der Waals surface area (Å²) in [6.45, 7) is 1.88. The molecule has 4 N–H and O–H groups in total. The van der Waals surface area contributed by atoms with E-state index in [9.17, 15) is 4.79 Å². The highest BCUT2D eigenvalue weighted by molar-refractivity contribution is 6.06. The van der Waals surface area contributed by atoms with Crippen molar-refractivity contribution in [3.8, 4) is 11.3 Å². The third kappa shape index (κ3) is 2.76. The zero-order valence-corrected chi connectivity index (χ0v) is 12.7. The summed E-state index contributed by atoms with van der Waals surface area (Å²) in [5, 5.41) is 12.0. The summed E-state index contributed by atoms with van der Waals surface area (Å²) in [7, 11) is 0. The van der Waals surface area contributed by atoms with Gasteiger partial charge in [0.25, 0.3) is 5.91 Å². The molecule has 0 aliphatic rings. The molecule has 1 aromatic carbocycles. The van der Waals surface area contributed by atoms with E-state index >= 15 is 0 Å². The normalized spacial score (nSPS) is 10.9. The number of hydrogen-bond acceptors (Lipinski definition) is 5. The molecule has 0 fully saturated rings. The van der Waals surface area contributed by atoms with Gasteiger partial charge in [-0.2, -0.15) is 0 Å². The van der Waals surface area contributed by atoms with Crippen molar-refractivity contribution >= 4 is 22.7 Å². The highest BCUT2D eigenvalue weighted by atomic mass is 16.4. The van der Waals surface area contributed by atoms with Crippen molar-refractivity contribution in [1.82, 2.24) is 10.3 Å². The molecule has 118 valence electrons. The van der Waals surface area contributed by atoms with Crippen LogP contribution in [0.2, 0.25) is 0 Å². The number of carbonyl (C=O) groups is 1. The van der Waals surface area contributed by atoms with Crippen molar-refractivity contribution in [3.05, 3.63) is 47.7 Å². The zero-order valence-electron chi connectivity index (χ0n) is 12.7. The molecule has 0 spiro atoms. The highest BCUT2D eigenvalue weighted by Gasteiger charge is 2.21. The highest BCUT2D eigenvalue weighted by Crippen LogP contribution is 2.32. The molecule has 6 heteroatoms. The largest absolute Gasteiger partial charge is 0.430 e. The average Bonchev–Trinajstić information content (AvgIpc) is 2.91. The summed E-state index contributed by atoms with van der Waals surface area (Å²) in [6.07, 6.45) is 0. The van der Waals surface area contributed by atoms with E-state index in [0.29, 0.717) is 11.1 Å². The van der Waals surface area contributed by atoms with Gasteiger partial charge in [-0.25, -0.2) is 4.98 Å². The van der Waals surface area contributed by atoms with Gasteiger partial charge in [0.2, 0.25) is 11.5 Å². The Hall–Kier alpha value is -2.86. The van der Waals surface area contributed by atoms with Gasteiger partial charge in [-0.1, -0.05) is 30.3 Å². The van der Waals surface area contributed by atoms with Crippen LogP contribution in [0.15, 0.2) is 40.8 Å². The second-order valence-corrected chi connectivity index (χ2v) is 5.19. The molecule has 6 nitrogen and oxygen atoms in total. The number of nitrogens with zero attached hydrogens (tertiary/aromatic N) is 1. The molecule has 0 radical (unpaired) electrons. The fourth-order valence-electron chi connectivity index (χ4n) is 2.49. The van der Waals surface area contributed by atoms with E-state index in [1.807, 2.05) is 43.3 Å². The van der Waals surface area contributed by atoms with Crippen LogP contribution in [0, 0.1) is 6.92 Å². The smallest absolute Gasteiger partial charge is 0.289 e. The molecule has 0 atom stereocenters. The molecule has 3 aromatic rings. The van der Waals surface area contributed by atoms with Crippen LogP contribution in [0.1, 0.15) is 16.1 Å². The van der Waals surface area contributed by atoms with E-state index in [1.54, 1.807) is 0 Å². The quantitative estimate of drug-likeness (QED) is 0.685. The Morgan fingerprint density at radius 3 is 2.78 bits per heavy atom. The van der Waals surface area contributed by atoms with E-state index in [1.165, 1.54) is 0 Å². The Morgan fingerprint density at radius 1 is 1.35 bits per heavy atom. The molecule has 0 bridgehead atoms. The second kappa shape index (κ2) is 6.10. The number of nitrogens with two attached hydrogens (primary N) is 1. The SMILES string of the molecule is Cc1cc(-c2ccccc2)nc2oc(C(=O)NCCO)c(N)c12. The van der Waals surface area contributed by atoms with E-state index in [4.69, 9.17) is 15.3 Å². The number of amides is 1. The number of rotatable bonds is 4. The minimum atomic E-state index is -0.463. The number of fused-ring (bicyclic) bond motifs is 1. The Morgan fingerprint density at radius 2 is 2.09 bits per heavy atom. The van der Waals surface area contributed by atoms with Gasteiger partial charge in [0.05, 0.1) is 23.4 Å². The summed E-state index contributed by atoms with van der Waals surface area (Å²) in [6, 6.07) is 11.6. The van der Waals surface area contributed by atoms with E-state index in [2.05, 4.69) is 10.3 Å². The summed E-state index contributed by atoms with van der Waals surface area (Å²) < 4.78 is 5.57. The minimum Gasteiger partial charge on any atom is -0.430 e. The molecule has 0 aliphatic carbocycles.